The van der Waals surface area contributed by atoms with Gasteiger partial charge in [0.2, 0.25) is 0 Å². The number of benzene rings is 3. The Morgan fingerprint density at radius 2 is 1.42 bits per heavy atom. The van der Waals surface area contributed by atoms with Gasteiger partial charge in [0.05, 0.1) is 10.6 Å². The fraction of sp³-hybridized carbons (Fsp3) is 0.136. The Morgan fingerprint density at radius 1 is 0.846 bits per heavy atom. The highest BCUT2D eigenvalue weighted by Crippen LogP contribution is 2.27. The van der Waals surface area contributed by atoms with Crippen molar-refractivity contribution in [3.05, 3.63) is 106 Å². The molecule has 0 aromatic heterocycles. The maximum Gasteiger partial charge on any atom is 0.252 e. The molecule has 132 valence electrons. The second kappa shape index (κ2) is 8.88. The van der Waals surface area contributed by atoms with E-state index in [0.717, 1.165) is 6.42 Å². The third kappa shape index (κ3) is 4.66. The van der Waals surface area contributed by atoms with Crippen LogP contribution < -0.4 is 5.32 Å². The molecule has 2 nitrogen and oxygen atoms in total. The maximum atomic E-state index is 12.4. The Morgan fingerprint density at radius 3 is 1.96 bits per heavy atom. The van der Waals surface area contributed by atoms with Gasteiger partial charge in [-0.2, -0.15) is 0 Å². The molecule has 0 spiro atoms. The van der Waals surface area contributed by atoms with Crippen molar-refractivity contribution in [3.8, 4) is 0 Å². The number of amides is 1. The van der Waals surface area contributed by atoms with Gasteiger partial charge in [-0.1, -0.05) is 83.9 Å². The molecule has 0 radical (unpaired) electrons. The lowest BCUT2D eigenvalue weighted by Gasteiger charge is -2.18. The van der Waals surface area contributed by atoms with Crippen LogP contribution in [-0.2, 0) is 0 Å². The lowest BCUT2D eigenvalue weighted by Crippen LogP contribution is -2.26. The van der Waals surface area contributed by atoms with Crippen LogP contribution in [0.3, 0.4) is 0 Å². The first-order valence-corrected chi connectivity index (χ1v) is 9.24. The van der Waals surface area contributed by atoms with Crippen molar-refractivity contribution in [2.45, 2.75) is 12.3 Å². The monoisotopic (exact) mass is 383 g/mol. The van der Waals surface area contributed by atoms with E-state index in [4.69, 9.17) is 23.2 Å². The van der Waals surface area contributed by atoms with Crippen molar-refractivity contribution in [3.63, 3.8) is 0 Å². The van der Waals surface area contributed by atoms with E-state index in [1.54, 1.807) is 18.2 Å². The van der Waals surface area contributed by atoms with E-state index < -0.39 is 0 Å². The van der Waals surface area contributed by atoms with Gasteiger partial charge in [0.1, 0.15) is 0 Å². The average Bonchev–Trinajstić information content (AvgIpc) is 2.66. The highest BCUT2D eigenvalue weighted by atomic mass is 35.5. The van der Waals surface area contributed by atoms with E-state index >= 15 is 0 Å². The van der Waals surface area contributed by atoms with Crippen LogP contribution in [0.1, 0.15) is 33.8 Å². The molecule has 0 bridgehead atoms. The van der Waals surface area contributed by atoms with Gasteiger partial charge in [0.25, 0.3) is 5.91 Å². The molecule has 1 amide bonds. The van der Waals surface area contributed by atoms with Crippen LogP contribution >= 0.6 is 23.2 Å². The van der Waals surface area contributed by atoms with Crippen LogP contribution in [-0.4, -0.2) is 12.5 Å². The van der Waals surface area contributed by atoms with Gasteiger partial charge in [0.15, 0.2) is 0 Å². The van der Waals surface area contributed by atoms with Gasteiger partial charge in [-0.15, -0.1) is 0 Å². The Labute approximate surface area is 163 Å². The predicted octanol–water partition coefficient (Wildman–Crippen LogP) is 5.95. The van der Waals surface area contributed by atoms with Gasteiger partial charge in [-0.25, -0.2) is 0 Å². The first-order valence-electron chi connectivity index (χ1n) is 8.48. The van der Waals surface area contributed by atoms with Crippen LogP contribution in [0.2, 0.25) is 10.0 Å². The van der Waals surface area contributed by atoms with Gasteiger partial charge in [0, 0.05) is 17.5 Å². The van der Waals surface area contributed by atoms with E-state index in [1.165, 1.54) is 11.1 Å². The zero-order valence-corrected chi connectivity index (χ0v) is 15.7. The molecule has 0 heterocycles. The minimum atomic E-state index is -0.188. The fourth-order valence-electron chi connectivity index (χ4n) is 3.00. The van der Waals surface area contributed by atoms with Crippen molar-refractivity contribution >= 4 is 29.1 Å². The van der Waals surface area contributed by atoms with Crippen molar-refractivity contribution in [2.75, 3.05) is 6.54 Å². The van der Waals surface area contributed by atoms with Crippen molar-refractivity contribution in [1.29, 1.82) is 0 Å². The summed E-state index contributed by atoms with van der Waals surface area (Å²) in [4.78, 5) is 12.4. The van der Waals surface area contributed by atoms with Crippen LogP contribution in [0.5, 0.6) is 0 Å². The molecule has 0 fully saturated rings. The summed E-state index contributed by atoms with van der Waals surface area (Å²) in [5, 5.41) is 3.84. The van der Waals surface area contributed by atoms with Gasteiger partial charge >= 0.3 is 0 Å². The third-order valence-electron chi connectivity index (χ3n) is 4.30. The number of halogens is 2. The zero-order valence-electron chi connectivity index (χ0n) is 14.2. The topological polar surface area (TPSA) is 29.1 Å². The SMILES string of the molecule is O=C(NCCC(c1ccccc1)c1ccccc1)c1ccc(Cl)cc1Cl. The summed E-state index contributed by atoms with van der Waals surface area (Å²) in [6.45, 7) is 0.548. The molecule has 1 N–H and O–H groups in total. The molecule has 26 heavy (non-hydrogen) atoms. The number of nitrogens with one attached hydrogen (secondary N) is 1. The van der Waals surface area contributed by atoms with Crippen LogP contribution in [0.15, 0.2) is 78.9 Å². The smallest absolute Gasteiger partial charge is 0.252 e. The molecule has 3 aromatic carbocycles. The van der Waals surface area contributed by atoms with E-state index in [0.29, 0.717) is 22.2 Å². The first kappa shape index (κ1) is 18.5. The number of hydrogen-bond acceptors (Lipinski definition) is 1. The second-order valence-electron chi connectivity index (χ2n) is 6.04. The number of rotatable bonds is 6. The summed E-state index contributed by atoms with van der Waals surface area (Å²) in [6, 6.07) is 25.5. The molecule has 3 rings (SSSR count). The van der Waals surface area contributed by atoms with Crippen LogP contribution in [0.4, 0.5) is 0 Å². The quantitative estimate of drug-likeness (QED) is 0.559. The molecule has 0 aliphatic carbocycles. The molecule has 0 atom stereocenters. The lowest BCUT2D eigenvalue weighted by molar-refractivity contribution is 0.0953. The lowest BCUT2D eigenvalue weighted by atomic mass is 9.88. The predicted molar refractivity (Wildman–Crippen MR) is 108 cm³/mol. The molecular weight excluding hydrogens is 365 g/mol. The van der Waals surface area contributed by atoms with Crippen molar-refractivity contribution in [2.24, 2.45) is 0 Å². The Balaban J connectivity index is 1.69. The molecule has 4 heteroatoms. The van der Waals surface area contributed by atoms with E-state index in [1.807, 2.05) is 36.4 Å². The molecule has 0 aliphatic rings. The summed E-state index contributed by atoms with van der Waals surface area (Å²) in [5.41, 5.74) is 2.90. The van der Waals surface area contributed by atoms with Crippen LogP contribution in [0, 0.1) is 0 Å². The average molecular weight is 384 g/mol. The number of hydrogen-bond donors (Lipinski definition) is 1. The Kier molecular flexibility index (Phi) is 6.32. The summed E-state index contributed by atoms with van der Waals surface area (Å²) in [6.07, 6.45) is 0.797. The van der Waals surface area contributed by atoms with E-state index in [-0.39, 0.29) is 11.8 Å². The largest absolute Gasteiger partial charge is 0.352 e. The number of carbonyl (C=O) groups excluding carboxylic acids is 1. The molecule has 3 aromatic rings. The first-order chi connectivity index (χ1) is 12.6. The molecule has 0 unspecified atom stereocenters. The molecule has 0 saturated carbocycles. The van der Waals surface area contributed by atoms with Crippen LogP contribution in [0.25, 0.3) is 0 Å². The van der Waals surface area contributed by atoms with E-state index in [2.05, 4.69) is 29.6 Å². The normalized spacial score (nSPS) is 10.7. The zero-order chi connectivity index (χ0) is 18.4. The summed E-state index contributed by atoms with van der Waals surface area (Å²) in [7, 11) is 0. The van der Waals surface area contributed by atoms with Gasteiger partial charge in [-0.05, 0) is 35.7 Å². The third-order valence-corrected chi connectivity index (χ3v) is 4.85. The Bertz CT molecular complexity index is 826. The fourth-order valence-corrected chi connectivity index (χ4v) is 3.49. The standard InChI is InChI=1S/C22H19Cl2NO/c23-18-11-12-20(21(24)15-18)22(26)25-14-13-19(16-7-3-1-4-8-16)17-9-5-2-6-10-17/h1-12,15,19H,13-14H2,(H,25,26). The summed E-state index contributed by atoms with van der Waals surface area (Å²) < 4.78 is 0. The molecular formula is C22H19Cl2NO. The molecule has 0 saturated heterocycles. The molecule has 0 aliphatic heterocycles. The maximum absolute atomic E-state index is 12.4. The minimum Gasteiger partial charge on any atom is -0.352 e. The summed E-state index contributed by atoms with van der Waals surface area (Å²) in [5.74, 6) is 0.0323. The Hall–Kier alpha value is -2.29. The second-order valence-corrected chi connectivity index (χ2v) is 6.89. The van der Waals surface area contributed by atoms with Gasteiger partial charge in [-0.3, -0.25) is 4.79 Å². The van der Waals surface area contributed by atoms with Crippen molar-refractivity contribution in [1.82, 2.24) is 5.32 Å². The highest BCUT2D eigenvalue weighted by Gasteiger charge is 2.15. The van der Waals surface area contributed by atoms with E-state index in [9.17, 15) is 4.79 Å². The summed E-state index contributed by atoms with van der Waals surface area (Å²) >= 11 is 12.0. The van der Waals surface area contributed by atoms with Crippen molar-refractivity contribution < 1.29 is 4.79 Å². The van der Waals surface area contributed by atoms with Gasteiger partial charge < -0.3 is 5.32 Å². The highest BCUT2D eigenvalue weighted by molar-refractivity contribution is 6.36. The minimum absolute atomic E-state index is 0.188. The number of carbonyl (C=O) groups is 1.